The molecule has 1 N–H and O–H groups in total. The van der Waals surface area contributed by atoms with Crippen molar-refractivity contribution in [1.82, 2.24) is 19.6 Å². The van der Waals surface area contributed by atoms with Crippen molar-refractivity contribution in [2.24, 2.45) is 0 Å². The van der Waals surface area contributed by atoms with Crippen molar-refractivity contribution in [1.29, 1.82) is 0 Å². The van der Waals surface area contributed by atoms with E-state index >= 15 is 0 Å². The molecule has 0 fully saturated rings. The highest BCUT2D eigenvalue weighted by Crippen LogP contribution is 2.18. The van der Waals surface area contributed by atoms with Crippen molar-refractivity contribution >= 4 is 5.78 Å². The Balaban J connectivity index is 2.76. The van der Waals surface area contributed by atoms with Gasteiger partial charge in [0.05, 0.1) is 0 Å². The van der Waals surface area contributed by atoms with E-state index in [1.807, 2.05) is 4.40 Å². The summed E-state index contributed by atoms with van der Waals surface area (Å²) < 4.78 is 2.00. The Hall–Kier alpha value is -1.32. The largest absolute Gasteiger partial charge is 0.326 e. The van der Waals surface area contributed by atoms with E-state index in [0.717, 1.165) is 5.78 Å². The molecule has 64 valence electrons. The molecule has 0 aliphatic heterocycles. The molecule has 0 saturated heterocycles. The number of aromatic amines is 1. The van der Waals surface area contributed by atoms with E-state index in [1.54, 1.807) is 6.33 Å². The van der Waals surface area contributed by atoms with Gasteiger partial charge in [0, 0.05) is 11.4 Å². The first-order valence-corrected chi connectivity index (χ1v) is 4.08. The molecule has 0 unspecified atom stereocenters. The average Bonchev–Trinajstić information content (AvgIpc) is 2.44. The Labute approximate surface area is 70.6 Å². The Morgan fingerprint density at radius 3 is 2.92 bits per heavy atom. The number of aryl methyl sites for hydroxylation is 1. The molecule has 0 aliphatic carbocycles. The van der Waals surface area contributed by atoms with Crippen LogP contribution in [0, 0.1) is 6.92 Å². The average molecular weight is 164 g/mol. The molecular weight excluding hydrogens is 152 g/mol. The summed E-state index contributed by atoms with van der Waals surface area (Å²) in [4.78, 5) is 3.18. The Kier molecular flexibility index (Phi) is 1.43. The van der Waals surface area contributed by atoms with E-state index in [1.165, 1.54) is 11.4 Å². The van der Waals surface area contributed by atoms with Crippen molar-refractivity contribution in [2.45, 2.75) is 26.7 Å². The summed E-state index contributed by atoms with van der Waals surface area (Å²) in [5.41, 5.74) is 2.44. The Morgan fingerprint density at radius 2 is 2.25 bits per heavy atom. The van der Waals surface area contributed by atoms with Crippen molar-refractivity contribution < 1.29 is 0 Å². The van der Waals surface area contributed by atoms with E-state index in [2.05, 4.69) is 36.0 Å². The lowest BCUT2D eigenvalue weighted by molar-refractivity contribution is 0.797. The van der Waals surface area contributed by atoms with E-state index in [0.29, 0.717) is 5.92 Å². The highest BCUT2D eigenvalue weighted by Gasteiger charge is 2.11. The van der Waals surface area contributed by atoms with Gasteiger partial charge in [-0.15, -0.1) is 10.2 Å². The molecule has 2 rings (SSSR count). The monoisotopic (exact) mass is 164 g/mol. The highest BCUT2D eigenvalue weighted by molar-refractivity contribution is 5.35. The maximum Gasteiger partial charge on any atom is 0.233 e. The van der Waals surface area contributed by atoms with E-state index < -0.39 is 0 Å². The summed E-state index contributed by atoms with van der Waals surface area (Å²) in [5.74, 6) is 1.32. The summed E-state index contributed by atoms with van der Waals surface area (Å²) in [5, 5.41) is 7.77. The van der Waals surface area contributed by atoms with Crippen LogP contribution in [0.5, 0.6) is 0 Å². The van der Waals surface area contributed by atoms with Gasteiger partial charge in [0.1, 0.15) is 6.33 Å². The summed E-state index contributed by atoms with van der Waals surface area (Å²) in [6, 6.07) is 0. The standard InChI is InChI=1S/C8H12N4/c1-5(2)7-6(3)10-8-11-9-4-12(7)8/h4-5H,1-3H3,(H,10,11). The number of imidazole rings is 1. The second-order valence-electron chi connectivity index (χ2n) is 3.31. The lowest BCUT2D eigenvalue weighted by atomic mass is 10.1. The van der Waals surface area contributed by atoms with Crippen LogP contribution in [0.4, 0.5) is 0 Å². The quantitative estimate of drug-likeness (QED) is 0.694. The van der Waals surface area contributed by atoms with Crippen LogP contribution in [-0.4, -0.2) is 19.6 Å². The smallest absolute Gasteiger partial charge is 0.233 e. The van der Waals surface area contributed by atoms with Crippen LogP contribution in [-0.2, 0) is 0 Å². The molecule has 0 spiro atoms. The normalized spacial score (nSPS) is 11.7. The number of H-pyrrole nitrogens is 1. The van der Waals surface area contributed by atoms with Crippen LogP contribution in [0.3, 0.4) is 0 Å². The number of nitrogens with zero attached hydrogens (tertiary/aromatic N) is 3. The zero-order valence-electron chi connectivity index (χ0n) is 7.50. The molecular formula is C8H12N4. The van der Waals surface area contributed by atoms with Crippen LogP contribution in [0.15, 0.2) is 6.33 Å². The SMILES string of the molecule is Cc1[nH]c2nncn2c1C(C)C. The maximum atomic E-state index is 3.94. The lowest BCUT2D eigenvalue weighted by Gasteiger charge is -2.03. The van der Waals surface area contributed by atoms with Gasteiger partial charge in [-0.3, -0.25) is 4.40 Å². The van der Waals surface area contributed by atoms with Crippen molar-refractivity contribution in [3.8, 4) is 0 Å². The summed E-state index contributed by atoms with van der Waals surface area (Å²) in [6.07, 6.45) is 1.74. The zero-order chi connectivity index (χ0) is 8.72. The number of aromatic nitrogens is 4. The zero-order valence-corrected chi connectivity index (χ0v) is 7.50. The highest BCUT2D eigenvalue weighted by atomic mass is 15.3. The number of hydrogen-bond acceptors (Lipinski definition) is 2. The van der Waals surface area contributed by atoms with Crippen molar-refractivity contribution in [3.05, 3.63) is 17.7 Å². The number of rotatable bonds is 1. The predicted octanol–water partition coefficient (Wildman–Crippen LogP) is 1.49. The molecule has 0 atom stereocenters. The third-order valence-corrected chi connectivity index (χ3v) is 2.04. The molecule has 2 aromatic rings. The fraction of sp³-hybridized carbons (Fsp3) is 0.500. The number of hydrogen-bond donors (Lipinski definition) is 1. The molecule has 0 saturated carbocycles. The van der Waals surface area contributed by atoms with Gasteiger partial charge in [-0.25, -0.2) is 0 Å². The number of fused-ring (bicyclic) bond motifs is 1. The second kappa shape index (κ2) is 2.33. The third kappa shape index (κ3) is 0.841. The van der Waals surface area contributed by atoms with E-state index in [9.17, 15) is 0 Å². The molecule has 12 heavy (non-hydrogen) atoms. The van der Waals surface area contributed by atoms with Crippen LogP contribution < -0.4 is 0 Å². The minimum atomic E-state index is 0.495. The maximum absolute atomic E-state index is 3.94. The van der Waals surface area contributed by atoms with Crippen LogP contribution in [0.25, 0.3) is 5.78 Å². The summed E-state index contributed by atoms with van der Waals surface area (Å²) in [6.45, 7) is 6.38. The molecule has 4 heteroatoms. The number of nitrogens with one attached hydrogen (secondary N) is 1. The fourth-order valence-corrected chi connectivity index (χ4v) is 1.62. The molecule has 0 amide bonds. The van der Waals surface area contributed by atoms with Gasteiger partial charge in [0.2, 0.25) is 5.78 Å². The Morgan fingerprint density at radius 1 is 1.50 bits per heavy atom. The summed E-state index contributed by atoms with van der Waals surface area (Å²) in [7, 11) is 0. The fourth-order valence-electron chi connectivity index (χ4n) is 1.62. The Bertz CT molecular complexity index is 396. The van der Waals surface area contributed by atoms with Crippen molar-refractivity contribution in [3.63, 3.8) is 0 Å². The predicted molar refractivity (Wildman–Crippen MR) is 46.2 cm³/mol. The van der Waals surface area contributed by atoms with Gasteiger partial charge in [-0.05, 0) is 12.8 Å². The van der Waals surface area contributed by atoms with Gasteiger partial charge in [-0.2, -0.15) is 0 Å². The second-order valence-corrected chi connectivity index (χ2v) is 3.31. The topological polar surface area (TPSA) is 46.0 Å². The lowest BCUT2D eigenvalue weighted by Crippen LogP contribution is -1.94. The van der Waals surface area contributed by atoms with Gasteiger partial charge in [0.15, 0.2) is 0 Å². The first-order valence-electron chi connectivity index (χ1n) is 4.08. The van der Waals surface area contributed by atoms with Crippen molar-refractivity contribution in [2.75, 3.05) is 0 Å². The van der Waals surface area contributed by atoms with Gasteiger partial charge < -0.3 is 4.98 Å². The molecule has 2 heterocycles. The first-order chi connectivity index (χ1) is 5.70. The molecule has 0 aliphatic rings. The molecule has 2 aromatic heterocycles. The summed E-state index contributed by atoms with van der Waals surface area (Å²) >= 11 is 0. The minimum Gasteiger partial charge on any atom is -0.326 e. The molecule has 0 bridgehead atoms. The van der Waals surface area contributed by atoms with E-state index in [4.69, 9.17) is 0 Å². The molecule has 4 nitrogen and oxygen atoms in total. The van der Waals surface area contributed by atoms with Crippen LogP contribution in [0.1, 0.15) is 31.2 Å². The van der Waals surface area contributed by atoms with Gasteiger partial charge in [-0.1, -0.05) is 13.8 Å². The van der Waals surface area contributed by atoms with Gasteiger partial charge >= 0.3 is 0 Å². The van der Waals surface area contributed by atoms with E-state index in [-0.39, 0.29) is 0 Å². The molecule has 0 aromatic carbocycles. The van der Waals surface area contributed by atoms with Gasteiger partial charge in [0.25, 0.3) is 0 Å². The molecule has 0 radical (unpaired) electrons. The minimum absolute atomic E-state index is 0.495. The first kappa shape index (κ1) is 7.34. The third-order valence-electron chi connectivity index (χ3n) is 2.04. The van der Waals surface area contributed by atoms with Crippen LogP contribution in [0.2, 0.25) is 0 Å². The van der Waals surface area contributed by atoms with Crippen LogP contribution >= 0.6 is 0 Å².